The Labute approximate surface area is 106 Å². The zero-order chi connectivity index (χ0) is 12.5. The molecule has 0 spiro atoms. The Kier molecular flexibility index (Phi) is 3.95. The maximum atomic E-state index is 12.1. The first-order valence-electron chi connectivity index (χ1n) is 5.50. The van der Waals surface area contributed by atoms with Crippen molar-refractivity contribution >= 4 is 21.7 Å². The molecule has 1 nitrogen and oxygen atoms in total. The topological polar surface area (TPSA) is 17.1 Å². The van der Waals surface area contributed by atoms with Crippen LogP contribution in [0, 0.1) is 19.3 Å². The van der Waals surface area contributed by atoms with Gasteiger partial charge in [0.1, 0.15) is 0 Å². The molecule has 0 saturated carbocycles. The first kappa shape index (κ1) is 13.4. The van der Waals surface area contributed by atoms with Gasteiger partial charge in [0.15, 0.2) is 5.78 Å². The average Bonchev–Trinajstić information content (AvgIpc) is 2.08. The van der Waals surface area contributed by atoms with Crippen LogP contribution in [0.3, 0.4) is 0 Å². The molecule has 0 N–H and O–H groups in total. The van der Waals surface area contributed by atoms with Gasteiger partial charge in [0.2, 0.25) is 0 Å². The maximum absolute atomic E-state index is 12.1. The molecule has 1 aromatic rings. The van der Waals surface area contributed by atoms with E-state index in [2.05, 4.69) is 36.7 Å². The van der Waals surface area contributed by atoms with Gasteiger partial charge in [0, 0.05) is 16.5 Å². The molecule has 0 aliphatic carbocycles. The Bertz CT molecular complexity index is 413. The Morgan fingerprint density at radius 2 is 1.75 bits per heavy atom. The monoisotopic (exact) mass is 282 g/mol. The number of halogens is 1. The molecule has 0 aliphatic heterocycles. The number of ketones is 1. The highest BCUT2D eigenvalue weighted by molar-refractivity contribution is 9.10. The highest BCUT2D eigenvalue weighted by Gasteiger charge is 2.19. The summed E-state index contributed by atoms with van der Waals surface area (Å²) in [5.74, 6) is 0.237. The first-order valence-corrected chi connectivity index (χ1v) is 6.30. The number of carbonyl (C=O) groups is 1. The summed E-state index contributed by atoms with van der Waals surface area (Å²) in [5.41, 5.74) is 3.06. The number of hydrogen-bond acceptors (Lipinski definition) is 1. The molecule has 2 heteroatoms. The molecule has 0 aliphatic rings. The van der Waals surface area contributed by atoms with Crippen molar-refractivity contribution < 1.29 is 4.79 Å². The fraction of sp³-hybridized carbons (Fsp3) is 0.500. The highest BCUT2D eigenvalue weighted by atomic mass is 79.9. The van der Waals surface area contributed by atoms with Gasteiger partial charge in [-0.3, -0.25) is 4.79 Å². The summed E-state index contributed by atoms with van der Waals surface area (Å²) in [6, 6.07) is 4.00. The van der Waals surface area contributed by atoms with E-state index in [0.29, 0.717) is 6.42 Å². The molecule has 0 saturated heterocycles. The molecule has 16 heavy (non-hydrogen) atoms. The van der Waals surface area contributed by atoms with Crippen LogP contribution >= 0.6 is 15.9 Å². The summed E-state index contributed by atoms with van der Waals surface area (Å²) in [6.45, 7) is 10.3. The van der Waals surface area contributed by atoms with E-state index in [-0.39, 0.29) is 11.2 Å². The summed E-state index contributed by atoms with van der Waals surface area (Å²) < 4.78 is 1.07. The van der Waals surface area contributed by atoms with Crippen molar-refractivity contribution in [2.24, 2.45) is 5.41 Å². The van der Waals surface area contributed by atoms with E-state index in [9.17, 15) is 4.79 Å². The molecule has 0 bridgehead atoms. The largest absolute Gasteiger partial charge is 0.294 e. The lowest BCUT2D eigenvalue weighted by Crippen LogP contribution is -2.14. The molecule has 1 rings (SSSR count). The van der Waals surface area contributed by atoms with Gasteiger partial charge < -0.3 is 0 Å². The lowest BCUT2D eigenvalue weighted by Gasteiger charge is -2.18. The smallest absolute Gasteiger partial charge is 0.163 e. The quantitative estimate of drug-likeness (QED) is 0.720. The molecule has 88 valence electrons. The zero-order valence-electron chi connectivity index (χ0n) is 10.6. The summed E-state index contributed by atoms with van der Waals surface area (Å²) in [5, 5.41) is 0. The Morgan fingerprint density at radius 3 is 2.25 bits per heavy atom. The van der Waals surface area contributed by atoms with Crippen molar-refractivity contribution in [3.05, 3.63) is 33.3 Å². The minimum Gasteiger partial charge on any atom is -0.294 e. The minimum absolute atomic E-state index is 0.0461. The Hall–Kier alpha value is -0.630. The third-order valence-corrected chi connectivity index (χ3v) is 3.35. The van der Waals surface area contributed by atoms with E-state index >= 15 is 0 Å². The third-order valence-electron chi connectivity index (χ3n) is 2.50. The van der Waals surface area contributed by atoms with Crippen LogP contribution in [0.4, 0.5) is 0 Å². The van der Waals surface area contributed by atoms with Crippen molar-refractivity contribution in [1.82, 2.24) is 0 Å². The lowest BCUT2D eigenvalue weighted by molar-refractivity contribution is 0.0939. The van der Waals surface area contributed by atoms with Gasteiger partial charge >= 0.3 is 0 Å². The van der Waals surface area contributed by atoms with E-state index in [1.807, 2.05) is 26.0 Å². The number of hydrogen-bond donors (Lipinski definition) is 0. The molecule has 0 aromatic heterocycles. The van der Waals surface area contributed by atoms with E-state index in [0.717, 1.165) is 21.2 Å². The number of aryl methyl sites for hydroxylation is 2. The van der Waals surface area contributed by atoms with E-state index in [1.165, 1.54) is 0 Å². The summed E-state index contributed by atoms with van der Waals surface area (Å²) in [6.07, 6.45) is 0.592. The zero-order valence-corrected chi connectivity index (χ0v) is 12.2. The van der Waals surface area contributed by atoms with Gasteiger partial charge in [-0.1, -0.05) is 36.7 Å². The number of carbonyl (C=O) groups excluding carboxylic acids is 1. The lowest BCUT2D eigenvalue weighted by atomic mass is 9.86. The van der Waals surface area contributed by atoms with Crippen molar-refractivity contribution in [3.63, 3.8) is 0 Å². The number of benzene rings is 1. The first-order chi connectivity index (χ1) is 7.20. The van der Waals surface area contributed by atoms with Gasteiger partial charge in [-0.15, -0.1) is 0 Å². The average molecular weight is 283 g/mol. The predicted molar refractivity (Wildman–Crippen MR) is 72.0 cm³/mol. The number of Topliss-reactive ketones (excluding diaryl/α,β-unsaturated/α-hetero) is 1. The van der Waals surface area contributed by atoms with Gasteiger partial charge in [0.05, 0.1) is 0 Å². The molecule has 1 aromatic carbocycles. The van der Waals surface area contributed by atoms with Gasteiger partial charge in [-0.05, 0) is 42.5 Å². The predicted octanol–water partition coefficient (Wildman–Crippen LogP) is 4.68. The molecular formula is C14H19BrO. The second kappa shape index (κ2) is 4.70. The van der Waals surface area contributed by atoms with Crippen LogP contribution in [0.5, 0.6) is 0 Å². The standard InChI is InChI=1S/C14H19BrO/c1-9-7-12(15)10(2)6-11(9)13(16)8-14(3,4)5/h6-7H,8H2,1-5H3. The van der Waals surface area contributed by atoms with Crippen LogP contribution in [0.15, 0.2) is 16.6 Å². The van der Waals surface area contributed by atoms with Gasteiger partial charge in [0.25, 0.3) is 0 Å². The third kappa shape index (κ3) is 3.44. The van der Waals surface area contributed by atoms with Crippen LogP contribution in [0.2, 0.25) is 0 Å². The minimum atomic E-state index is 0.0461. The molecule has 0 fully saturated rings. The molecule has 0 amide bonds. The molecule has 0 radical (unpaired) electrons. The Balaban J connectivity index is 3.05. The number of rotatable bonds is 2. The normalized spacial score (nSPS) is 11.6. The van der Waals surface area contributed by atoms with Gasteiger partial charge in [-0.2, -0.15) is 0 Å². The van der Waals surface area contributed by atoms with Crippen molar-refractivity contribution in [1.29, 1.82) is 0 Å². The van der Waals surface area contributed by atoms with E-state index < -0.39 is 0 Å². The van der Waals surface area contributed by atoms with Crippen LogP contribution in [-0.4, -0.2) is 5.78 Å². The molecular weight excluding hydrogens is 264 g/mol. The SMILES string of the molecule is Cc1cc(C(=O)CC(C)(C)C)c(C)cc1Br. The van der Waals surface area contributed by atoms with Crippen molar-refractivity contribution in [3.8, 4) is 0 Å². The van der Waals surface area contributed by atoms with Crippen molar-refractivity contribution in [2.45, 2.75) is 41.0 Å². The summed E-state index contributed by atoms with van der Waals surface area (Å²) in [7, 11) is 0. The molecule has 0 heterocycles. The summed E-state index contributed by atoms with van der Waals surface area (Å²) in [4.78, 5) is 12.1. The van der Waals surface area contributed by atoms with Crippen LogP contribution < -0.4 is 0 Å². The molecule has 0 unspecified atom stereocenters. The van der Waals surface area contributed by atoms with E-state index in [1.54, 1.807) is 0 Å². The maximum Gasteiger partial charge on any atom is 0.163 e. The summed E-state index contributed by atoms with van der Waals surface area (Å²) >= 11 is 3.48. The Morgan fingerprint density at radius 1 is 1.19 bits per heavy atom. The highest BCUT2D eigenvalue weighted by Crippen LogP contribution is 2.26. The molecule has 0 atom stereocenters. The second-order valence-electron chi connectivity index (χ2n) is 5.58. The van der Waals surface area contributed by atoms with Crippen molar-refractivity contribution in [2.75, 3.05) is 0 Å². The van der Waals surface area contributed by atoms with Crippen LogP contribution in [-0.2, 0) is 0 Å². The van der Waals surface area contributed by atoms with Crippen LogP contribution in [0.25, 0.3) is 0 Å². The fourth-order valence-electron chi connectivity index (χ4n) is 1.66. The fourth-order valence-corrected chi connectivity index (χ4v) is 2.12. The van der Waals surface area contributed by atoms with E-state index in [4.69, 9.17) is 0 Å². The van der Waals surface area contributed by atoms with Gasteiger partial charge in [-0.25, -0.2) is 0 Å². The second-order valence-corrected chi connectivity index (χ2v) is 6.43. The van der Waals surface area contributed by atoms with Crippen LogP contribution in [0.1, 0.15) is 48.7 Å².